The molecular formula is C12H17ClFNO. The smallest absolute Gasteiger partial charge is 0.141 e. The van der Waals surface area contributed by atoms with Gasteiger partial charge in [0.15, 0.2) is 0 Å². The van der Waals surface area contributed by atoms with Gasteiger partial charge in [-0.2, -0.15) is 0 Å². The molecule has 2 nitrogen and oxygen atoms in total. The molecule has 1 aromatic rings. The molecular weight excluding hydrogens is 229 g/mol. The number of halogens is 2. The Morgan fingerprint density at radius 3 is 2.88 bits per heavy atom. The van der Waals surface area contributed by atoms with Gasteiger partial charge < -0.3 is 10.4 Å². The van der Waals surface area contributed by atoms with E-state index >= 15 is 0 Å². The highest BCUT2D eigenvalue weighted by Crippen LogP contribution is 2.15. The van der Waals surface area contributed by atoms with Crippen molar-refractivity contribution in [3.05, 3.63) is 34.6 Å². The Morgan fingerprint density at radius 1 is 1.50 bits per heavy atom. The molecule has 4 heteroatoms. The maximum atomic E-state index is 12.9. The highest BCUT2D eigenvalue weighted by atomic mass is 35.5. The van der Waals surface area contributed by atoms with Crippen LogP contribution in [0.5, 0.6) is 0 Å². The Bertz CT molecular complexity index is 333. The monoisotopic (exact) mass is 245 g/mol. The van der Waals surface area contributed by atoms with E-state index in [9.17, 15) is 9.50 Å². The SMILES string of the molecule is CCCC(O)CNCc1ccc(F)c(Cl)c1. The number of hydrogen-bond acceptors (Lipinski definition) is 2. The summed E-state index contributed by atoms with van der Waals surface area (Å²) in [4.78, 5) is 0. The van der Waals surface area contributed by atoms with Crippen molar-refractivity contribution in [1.82, 2.24) is 5.32 Å². The third-order valence-corrected chi connectivity index (χ3v) is 2.60. The number of rotatable bonds is 6. The van der Waals surface area contributed by atoms with Crippen LogP contribution in [0, 0.1) is 5.82 Å². The molecule has 0 radical (unpaired) electrons. The first-order valence-electron chi connectivity index (χ1n) is 5.46. The molecule has 1 aromatic carbocycles. The molecule has 0 spiro atoms. The van der Waals surface area contributed by atoms with Gasteiger partial charge in [0.25, 0.3) is 0 Å². The van der Waals surface area contributed by atoms with Crippen LogP contribution in [0.25, 0.3) is 0 Å². The van der Waals surface area contributed by atoms with E-state index in [2.05, 4.69) is 5.32 Å². The molecule has 0 heterocycles. The second kappa shape index (κ2) is 6.84. The molecule has 0 aromatic heterocycles. The Balaban J connectivity index is 2.34. The van der Waals surface area contributed by atoms with Gasteiger partial charge in [-0.15, -0.1) is 0 Å². The van der Waals surface area contributed by atoms with Gasteiger partial charge in [0, 0.05) is 13.1 Å². The van der Waals surface area contributed by atoms with E-state index in [1.807, 2.05) is 6.92 Å². The lowest BCUT2D eigenvalue weighted by Gasteiger charge is -2.10. The summed E-state index contributed by atoms with van der Waals surface area (Å²) >= 11 is 5.65. The van der Waals surface area contributed by atoms with Crippen molar-refractivity contribution in [2.24, 2.45) is 0 Å². The van der Waals surface area contributed by atoms with Crippen molar-refractivity contribution >= 4 is 11.6 Å². The van der Waals surface area contributed by atoms with Crippen LogP contribution in [0.4, 0.5) is 4.39 Å². The third kappa shape index (κ3) is 4.47. The van der Waals surface area contributed by atoms with Crippen molar-refractivity contribution in [1.29, 1.82) is 0 Å². The van der Waals surface area contributed by atoms with Gasteiger partial charge in [-0.1, -0.05) is 31.0 Å². The topological polar surface area (TPSA) is 32.3 Å². The minimum atomic E-state index is -0.406. The fourth-order valence-corrected chi connectivity index (χ4v) is 1.67. The first-order valence-corrected chi connectivity index (χ1v) is 5.84. The van der Waals surface area contributed by atoms with Gasteiger partial charge in [0.1, 0.15) is 5.82 Å². The van der Waals surface area contributed by atoms with Crippen molar-refractivity contribution in [2.45, 2.75) is 32.4 Å². The minimum absolute atomic E-state index is 0.133. The summed E-state index contributed by atoms with van der Waals surface area (Å²) in [5.41, 5.74) is 0.912. The minimum Gasteiger partial charge on any atom is -0.392 e. The van der Waals surface area contributed by atoms with E-state index in [1.54, 1.807) is 12.1 Å². The maximum absolute atomic E-state index is 12.9. The van der Waals surface area contributed by atoms with E-state index in [0.717, 1.165) is 18.4 Å². The molecule has 0 fully saturated rings. The van der Waals surface area contributed by atoms with Crippen LogP contribution < -0.4 is 5.32 Å². The van der Waals surface area contributed by atoms with E-state index in [-0.39, 0.29) is 11.1 Å². The number of benzene rings is 1. The lowest BCUT2D eigenvalue weighted by atomic mass is 10.2. The summed E-state index contributed by atoms with van der Waals surface area (Å²) in [6.07, 6.45) is 1.43. The lowest BCUT2D eigenvalue weighted by Crippen LogP contribution is -2.26. The molecule has 16 heavy (non-hydrogen) atoms. The summed E-state index contributed by atoms with van der Waals surface area (Å²) in [5.74, 6) is -0.406. The van der Waals surface area contributed by atoms with Crippen molar-refractivity contribution in [3.8, 4) is 0 Å². The first kappa shape index (κ1) is 13.4. The molecule has 0 saturated carbocycles. The zero-order valence-corrected chi connectivity index (χ0v) is 10.1. The van der Waals surface area contributed by atoms with E-state index < -0.39 is 5.82 Å². The second-order valence-corrected chi connectivity index (χ2v) is 4.23. The summed E-state index contributed by atoms with van der Waals surface area (Å²) in [6.45, 7) is 3.16. The highest BCUT2D eigenvalue weighted by molar-refractivity contribution is 6.30. The van der Waals surface area contributed by atoms with E-state index in [4.69, 9.17) is 11.6 Å². The van der Waals surface area contributed by atoms with Crippen molar-refractivity contribution in [3.63, 3.8) is 0 Å². The predicted octanol–water partition coefficient (Wildman–Crippen LogP) is 2.73. The normalized spacial score (nSPS) is 12.8. The van der Waals surface area contributed by atoms with Gasteiger partial charge in [-0.05, 0) is 24.1 Å². The molecule has 0 aliphatic rings. The number of hydrogen-bond donors (Lipinski definition) is 2. The zero-order chi connectivity index (χ0) is 12.0. The van der Waals surface area contributed by atoms with Gasteiger partial charge in [-0.25, -0.2) is 4.39 Å². The summed E-state index contributed by atoms with van der Waals surface area (Å²) in [7, 11) is 0. The molecule has 1 unspecified atom stereocenters. The van der Waals surface area contributed by atoms with Gasteiger partial charge >= 0.3 is 0 Å². The maximum Gasteiger partial charge on any atom is 0.141 e. The van der Waals surface area contributed by atoms with E-state index in [1.165, 1.54) is 6.07 Å². The standard InChI is InChI=1S/C12H17ClFNO/c1-2-3-10(16)8-15-7-9-4-5-12(14)11(13)6-9/h4-6,10,15-16H,2-3,7-8H2,1H3. The first-order chi connectivity index (χ1) is 7.63. The average molecular weight is 246 g/mol. The van der Waals surface area contributed by atoms with Crippen LogP contribution in [0.15, 0.2) is 18.2 Å². The predicted molar refractivity (Wildman–Crippen MR) is 64.0 cm³/mol. The molecule has 0 aliphatic carbocycles. The van der Waals surface area contributed by atoms with E-state index in [0.29, 0.717) is 13.1 Å². The lowest BCUT2D eigenvalue weighted by molar-refractivity contribution is 0.160. The zero-order valence-electron chi connectivity index (χ0n) is 9.34. The Morgan fingerprint density at radius 2 is 2.25 bits per heavy atom. The number of aliphatic hydroxyl groups excluding tert-OH is 1. The Hall–Kier alpha value is -0.640. The average Bonchev–Trinajstić information content (AvgIpc) is 2.24. The third-order valence-electron chi connectivity index (χ3n) is 2.31. The molecule has 2 N–H and O–H groups in total. The van der Waals surface area contributed by atoms with Crippen LogP contribution in [0.3, 0.4) is 0 Å². The molecule has 1 atom stereocenters. The Kier molecular flexibility index (Phi) is 5.74. The summed E-state index contributed by atoms with van der Waals surface area (Å²) in [5, 5.41) is 12.7. The van der Waals surface area contributed by atoms with Crippen molar-refractivity contribution in [2.75, 3.05) is 6.54 Å². The van der Waals surface area contributed by atoms with Crippen LogP contribution in [-0.4, -0.2) is 17.8 Å². The summed E-state index contributed by atoms with van der Waals surface area (Å²) < 4.78 is 12.9. The van der Waals surface area contributed by atoms with Crippen LogP contribution in [-0.2, 0) is 6.54 Å². The molecule has 1 rings (SSSR count). The summed E-state index contributed by atoms with van der Waals surface area (Å²) in [6, 6.07) is 4.62. The second-order valence-electron chi connectivity index (χ2n) is 3.82. The molecule has 0 bridgehead atoms. The van der Waals surface area contributed by atoms with Gasteiger partial charge in [0.05, 0.1) is 11.1 Å². The number of nitrogens with one attached hydrogen (secondary N) is 1. The highest BCUT2D eigenvalue weighted by Gasteiger charge is 2.03. The largest absolute Gasteiger partial charge is 0.392 e. The quantitative estimate of drug-likeness (QED) is 0.808. The van der Waals surface area contributed by atoms with Crippen molar-refractivity contribution < 1.29 is 9.50 Å². The fraction of sp³-hybridized carbons (Fsp3) is 0.500. The number of aliphatic hydroxyl groups is 1. The molecule has 90 valence electrons. The van der Waals surface area contributed by atoms with Crippen LogP contribution >= 0.6 is 11.6 Å². The van der Waals surface area contributed by atoms with Crippen LogP contribution in [0.2, 0.25) is 5.02 Å². The Labute approximate surface area is 100 Å². The van der Waals surface area contributed by atoms with Crippen LogP contribution in [0.1, 0.15) is 25.3 Å². The molecule has 0 amide bonds. The molecule has 0 aliphatic heterocycles. The van der Waals surface area contributed by atoms with Gasteiger partial charge in [-0.3, -0.25) is 0 Å². The van der Waals surface area contributed by atoms with Gasteiger partial charge in [0.2, 0.25) is 0 Å². The fourth-order valence-electron chi connectivity index (χ4n) is 1.47. The molecule has 0 saturated heterocycles.